The van der Waals surface area contributed by atoms with Gasteiger partial charge in [-0.25, -0.2) is 27.3 Å². The lowest BCUT2D eigenvalue weighted by atomic mass is 10.1. The van der Waals surface area contributed by atoms with E-state index in [1.54, 1.807) is 47.4 Å². The molecule has 1 atom stereocenters. The molecule has 1 saturated heterocycles. The van der Waals surface area contributed by atoms with Gasteiger partial charge in [0.2, 0.25) is 5.95 Å². The molecule has 10 nitrogen and oxygen atoms in total. The average Bonchev–Trinajstić information content (AvgIpc) is 3.52. The first-order chi connectivity index (χ1) is 18.7. The summed E-state index contributed by atoms with van der Waals surface area (Å²) in [5, 5.41) is 5.09. The standard InChI is InChI=1S/C28H29N7O3S/c1-18-5-7-21(8-6-18)39(36,37)35-12-10-23-22(9-11-29-27(23)35)24-15-25(26-19(2)16-30-33(26)4)32-28(31-24)34-13-14-38-17-20(34)3/h5-12,15-16,20H,13-14,17H2,1-4H3/t20-/m1/s1. The molecule has 5 aromatic rings. The first-order valence-corrected chi connectivity index (χ1v) is 14.2. The average molecular weight is 544 g/mol. The molecule has 0 aliphatic carbocycles. The van der Waals surface area contributed by atoms with E-state index in [1.807, 2.05) is 39.2 Å². The summed E-state index contributed by atoms with van der Waals surface area (Å²) in [4.78, 5) is 16.7. The number of fused-ring (bicyclic) bond motifs is 1. The highest BCUT2D eigenvalue weighted by molar-refractivity contribution is 7.90. The van der Waals surface area contributed by atoms with Crippen LogP contribution in [-0.2, 0) is 21.8 Å². The largest absolute Gasteiger partial charge is 0.377 e. The maximum atomic E-state index is 13.5. The third-order valence-electron chi connectivity index (χ3n) is 7.11. The normalized spacial score (nSPS) is 16.2. The van der Waals surface area contributed by atoms with Crippen molar-refractivity contribution in [3.63, 3.8) is 0 Å². The SMILES string of the molecule is Cc1ccc(S(=O)(=O)n2ccc3c(-c4cc(-c5c(C)cnn5C)nc(N5CCOC[C@H]5C)n4)ccnc32)cc1. The Hall–Kier alpha value is -4.09. The van der Waals surface area contributed by atoms with Gasteiger partial charge in [-0.05, 0) is 56.7 Å². The number of aromatic nitrogens is 6. The topological polar surface area (TPSA) is 108 Å². The van der Waals surface area contributed by atoms with E-state index in [-0.39, 0.29) is 10.9 Å². The summed E-state index contributed by atoms with van der Waals surface area (Å²) in [6, 6.07) is 12.5. The van der Waals surface area contributed by atoms with Gasteiger partial charge in [-0.3, -0.25) is 4.68 Å². The van der Waals surface area contributed by atoms with Crippen molar-refractivity contribution in [2.45, 2.75) is 31.7 Å². The Morgan fingerprint density at radius 1 is 1.03 bits per heavy atom. The monoisotopic (exact) mass is 543 g/mol. The number of hydrogen-bond donors (Lipinski definition) is 0. The molecule has 200 valence electrons. The van der Waals surface area contributed by atoms with Crippen molar-refractivity contribution >= 4 is 27.0 Å². The number of morpholine rings is 1. The van der Waals surface area contributed by atoms with E-state index in [2.05, 4.69) is 21.9 Å². The van der Waals surface area contributed by atoms with E-state index in [4.69, 9.17) is 14.7 Å². The molecule has 0 spiro atoms. The van der Waals surface area contributed by atoms with Crippen LogP contribution in [-0.4, -0.2) is 62.9 Å². The van der Waals surface area contributed by atoms with Crippen LogP contribution < -0.4 is 4.90 Å². The predicted octanol–water partition coefficient (Wildman–Crippen LogP) is 3.97. The quantitative estimate of drug-likeness (QED) is 0.328. The van der Waals surface area contributed by atoms with Gasteiger partial charge in [0.1, 0.15) is 0 Å². The van der Waals surface area contributed by atoms with Crippen LogP contribution >= 0.6 is 0 Å². The molecule has 6 rings (SSSR count). The number of aryl methyl sites for hydroxylation is 3. The highest BCUT2D eigenvalue weighted by Crippen LogP contribution is 2.33. The fourth-order valence-corrected chi connectivity index (χ4v) is 6.32. The molecule has 0 radical (unpaired) electrons. The van der Waals surface area contributed by atoms with Gasteiger partial charge < -0.3 is 9.64 Å². The lowest BCUT2D eigenvalue weighted by Gasteiger charge is -2.33. The molecule has 1 aliphatic heterocycles. The van der Waals surface area contributed by atoms with Gasteiger partial charge in [-0.1, -0.05) is 17.7 Å². The van der Waals surface area contributed by atoms with Crippen molar-refractivity contribution in [3.8, 4) is 22.6 Å². The molecule has 0 amide bonds. The van der Waals surface area contributed by atoms with Crippen LogP contribution in [0.15, 0.2) is 66.0 Å². The van der Waals surface area contributed by atoms with Crippen LogP contribution in [0, 0.1) is 13.8 Å². The van der Waals surface area contributed by atoms with Crippen LogP contribution in [0.2, 0.25) is 0 Å². The Morgan fingerprint density at radius 3 is 2.51 bits per heavy atom. The predicted molar refractivity (Wildman–Crippen MR) is 149 cm³/mol. The van der Waals surface area contributed by atoms with Crippen LogP contribution in [0.3, 0.4) is 0 Å². The Balaban J connectivity index is 1.53. The second-order valence-electron chi connectivity index (χ2n) is 9.88. The lowest BCUT2D eigenvalue weighted by molar-refractivity contribution is 0.0981. The van der Waals surface area contributed by atoms with Gasteiger partial charge >= 0.3 is 0 Å². The summed E-state index contributed by atoms with van der Waals surface area (Å²) in [7, 11) is -1.95. The molecule has 0 unspecified atom stereocenters. The van der Waals surface area contributed by atoms with Crippen molar-refractivity contribution in [1.82, 2.24) is 28.7 Å². The van der Waals surface area contributed by atoms with Gasteiger partial charge in [0.05, 0.1) is 47.4 Å². The Kier molecular flexibility index (Phi) is 6.19. The second-order valence-corrected chi connectivity index (χ2v) is 11.7. The number of nitrogens with zero attached hydrogens (tertiary/aromatic N) is 7. The summed E-state index contributed by atoms with van der Waals surface area (Å²) in [5.41, 5.74) is 5.40. The third kappa shape index (κ3) is 4.37. The number of ether oxygens (including phenoxy) is 1. The van der Waals surface area contributed by atoms with Crippen molar-refractivity contribution in [1.29, 1.82) is 0 Å². The molecule has 4 aromatic heterocycles. The zero-order valence-corrected chi connectivity index (χ0v) is 23.1. The van der Waals surface area contributed by atoms with Gasteiger partial charge in [0.25, 0.3) is 10.0 Å². The summed E-state index contributed by atoms with van der Waals surface area (Å²) in [6.07, 6.45) is 4.98. The molecule has 39 heavy (non-hydrogen) atoms. The molecule has 1 aromatic carbocycles. The zero-order chi connectivity index (χ0) is 27.3. The Labute approximate surface area is 227 Å². The maximum Gasteiger partial charge on any atom is 0.269 e. The summed E-state index contributed by atoms with van der Waals surface area (Å²) >= 11 is 0. The van der Waals surface area contributed by atoms with Crippen LogP contribution in [0.4, 0.5) is 5.95 Å². The molecule has 0 bridgehead atoms. The van der Waals surface area contributed by atoms with Crippen molar-refractivity contribution in [3.05, 3.63) is 72.2 Å². The van der Waals surface area contributed by atoms with Crippen molar-refractivity contribution in [2.75, 3.05) is 24.7 Å². The van der Waals surface area contributed by atoms with E-state index in [1.165, 1.54) is 3.97 Å². The molecule has 1 fully saturated rings. The van der Waals surface area contributed by atoms with E-state index in [9.17, 15) is 8.42 Å². The van der Waals surface area contributed by atoms with Crippen LogP contribution in [0.5, 0.6) is 0 Å². The van der Waals surface area contributed by atoms with E-state index in [0.29, 0.717) is 42.4 Å². The highest BCUT2D eigenvalue weighted by atomic mass is 32.2. The number of benzene rings is 1. The summed E-state index contributed by atoms with van der Waals surface area (Å²) in [6.45, 7) is 7.87. The minimum atomic E-state index is -3.84. The van der Waals surface area contributed by atoms with Crippen molar-refractivity contribution < 1.29 is 13.2 Å². The number of hydrogen-bond acceptors (Lipinski definition) is 8. The number of pyridine rings is 1. The molecule has 0 N–H and O–H groups in total. The Bertz CT molecular complexity index is 1770. The third-order valence-corrected chi connectivity index (χ3v) is 8.79. The summed E-state index contributed by atoms with van der Waals surface area (Å²) < 4.78 is 35.7. The molecule has 1 aliphatic rings. The molecule has 11 heteroatoms. The number of rotatable bonds is 5. The fourth-order valence-electron chi connectivity index (χ4n) is 5.02. The zero-order valence-electron chi connectivity index (χ0n) is 22.2. The Morgan fingerprint density at radius 2 is 1.79 bits per heavy atom. The first kappa shape index (κ1) is 25.2. The fraction of sp³-hybridized carbons (Fsp3) is 0.286. The maximum absolute atomic E-state index is 13.5. The first-order valence-electron chi connectivity index (χ1n) is 12.7. The van der Waals surface area contributed by atoms with Gasteiger partial charge in [-0.2, -0.15) is 5.10 Å². The molecular weight excluding hydrogens is 514 g/mol. The van der Waals surface area contributed by atoms with E-state index >= 15 is 0 Å². The second kappa shape index (κ2) is 9.58. The minimum Gasteiger partial charge on any atom is -0.377 e. The molecule has 5 heterocycles. The van der Waals surface area contributed by atoms with Gasteiger partial charge in [-0.15, -0.1) is 0 Å². The summed E-state index contributed by atoms with van der Waals surface area (Å²) in [5.74, 6) is 0.593. The van der Waals surface area contributed by atoms with Crippen molar-refractivity contribution in [2.24, 2.45) is 7.05 Å². The van der Waals surface area contributed by atoms with Gasteiger partial charge in [0.15, 0.2) is 5.65 Å². The van der Waals surface area contributed by atoms with E-state index in [0.717, 1.165) is 28.1 Å². The highest BCUT2D eigenvalue weighted by Gasteiger charge is 2.25. The molecular formula is C28H29N7O3S. The number of anilines is 1. The lowest BCUT2D eigenvalue weighted by Crippen LogP contribution is -2.44. The van der Waals surface area contributed by atoms with E-state index < -0.39 is 10.0 Å². The van der Waals surface area contributed by atoms with Crippen LogP contribution in [0.25, 0.3) is 33.7 Å². The van der Waals surface area contributed by atoms with Crippen LogP contribution in [0.1, 0.15) is 18.1 Å². The molecule has 0 saturated carbocycles. The van der Waals surface area contributed by atoms with Gasteiger partial charge in [0, 0.05) is 36.9 Å². The minimum absolute atomic E-state index is 0.104. The smallest absolute Gasteiger partial charge is 0.269 e.